The van der Waals surface area contributed by atoms with Crippen LogP contribution in [0.4, 0.5) is 5.69 Å². The number of anilines is 1. The summed E-state index contributed by atoms with van der Waals surface area (Å²) in [7, 11) is -2.35. The second-order valence-corrected chi connectivity index (χ2v) is 7.92. The predicted molar refractivity (Wildman–Crippen MR) is 114 cm³/mol. The fourth-order valence-electron chi connectivity index (χ4n) is 2.53. The molecule has 1 amide bonds. The number of sulfonamides is 1. The largest absolute Gasteiger partial charge is 0.497 e. The van der Waals surface area contributed by atoms with Crippen LogP contribution in [0.2, 0.25) is 0 Å². The van der Waals surface area contributed by atoms with E-state index < -0.39 is 15.9 Å². The average Bonchev–Trinajstić information content (AvgIpc) is 2.78. The number of hydrazone groups is 1. The summed E-state index contributed by atoms with van der Waals surface area (Å²) in [4.78, 5) is 16.3. The summed E-state index contributed by atoms with van der Waals surface area (Å²) in [6.45, 7) is 1.75. The van der Waals surface area contributed by atoms with Crippen LogP contribution in [0.3, 0.4) is 0 Å². The third-order valence-electron chi connectivity index (χ3n) is 4.17. The van der Waals surface area contributed by atoms with Crippen LogP contribution >= 0.6 is 0 Å². The summed E-state index contributed by atoms with van der Waals surface area (Å²) in [5.74, 6) is 0.0872. The van der Waals surface area contributed by atoms with E-state index in [0.717, 1.165) is 5.56 Å². The van der Waals surface area contributed by atoms with Crippen LogP contribution in [0.1, 0.15) is 22.8 Å². The van der Waals surface area contributed by atoms with Gasteiger partial charge < -0.3 is 4.74 Å². The lowest BCUT2D eigenvalue weighted by atomic mass is 10.2. The highest BCUT2D eigenvalue weighted by Gasteiger charge is 2.16. The van der Waals surface area contributed by atoms with Crippen LogP contribution in [0.25, 0.3) is 0 Å². The Hall–Kier alpha value is -3.72. The third kappa shape index (κ3) is 5.21. The Morgan fingerprint density at radius 3 is 2.37 bits per heavy atom. The number of nitrogens with zero attached hydrogens (tertiary/aromatic N) is 2. The highest BCUT2D eigenvalue weighted by Crippen LogP contribution is 2.20. The molecule has 3 aromatic rings. The molecule has 0 spiro atoms. The van der Waals surface area contributed by atoms with Crippen molar-refractivity contribution < 1.29 is 17.9 Å². The third-order valence-corrected chi connectivity index (χ3v) is 5.55. The molecular weight excluding hydrogens is 404 g/mol. The molecule has 0 radical (unpaired) electrons. The number of rotatable bonds is 7. The SMILES string of the molecule is COc1ccc(NS(=O)(=O)c2cccc(C(=O)N/N=C(/C)c3ccncc3)c2)cc1. The molecule has 0 saturated carbocycles. The first kappa shape index (κ1) is 21.0. The maximum absolute atomic E-state index is 12.7. The van der Waals surface area contributed by atoms with Gasteiger partial charge in [0, 0.05) is 29.2 Å². The zero-order chi connectivity index (χ0) is 21.6. The van der Waals surface area contributed by atoms with Gasteiger partial charge >= 0.3 is 0 Å². The number of ether oxygens (including phenoxy) is 1. The van der Waals surface area contributed by atoms with Gasteiger partial charge in [-0.3, -0.25) is 14.5 Å². The van der Waals surface area contributed by atoms with Crippen LogP contribution in [0.5, 0.6) is 5.75 Å². The summed E-state index contributed by atoms with van der Waals surface area (Å²) in [5.41, 5.74) is 4.39. The van der Waals surface area contributed by atoms with Crippen molar-refractivity contribution in [1.82, 2.24) is 10.4 Å². The molecule has 0 bridgehead atoms. The first-order chi connectivity index (χ1) is 14.4. The average molecular weight is 424 g/mol. The zero-order valence-corrected chi connectivity index (χ0v) is 17.2. The van der Waals surface area contributed by atoms with Gasteiger partial charge in [0.15, 0.2) is 0 Å². The molecule has 1 heterocycles. The monoisotopic (exact) mass is 424 g/mol. The predicted octanol–water partition coefficient (Wildman–Crippen LogP) is 3.05. The number of benzene rings is 2. The molecule has 0 fully saturated rings. The van der Waals surface area contributed by atoms with Crippen molar-refractivity contribution >= 4 is 27.3 Å². The Balaban J connectivity index is 1.75. The van der Waals surface area contributed by atoms with Gasteiger partial charge in [-0.2, -0.15) is 5.10 Å². The van der Waals surface area contributed by atoms with Gasteiger partial charge in [0.2, 0.25) is 0 Å². The van der Waals surface area contributed by atoms with E-state index in [-0.39, 0.29) is 10.5 Å². The van der Waals surface area contributed by atoms with Gasteiger partial charge in [-0.1, -0.05) is 6.07 Å². The van der Waals surface area contributed by atoms with E-state index in [0.29, 0.717) is 17.1 Å². The second kappa shape index (κ2) is 9.19. The van der Waals surface area contributed by atoms with E-state index in [1.54, 1.807) is 55.7 Å². The molecule has 1 aromatic heterocycles. The fraction of sp³-hybridized carbons (Fsp3) is 0.0952. The van der Waals surface area contributed by atoms with Gasteiger partial charge in [0.05, 0.1) is 17.7 Å². The van der Waals surface area contributed by atoms with Crippen molar-refractivity contribution in [3.8, 4) is 5.75 Å². The Labute approximate surface area is 174 Å². The molecule has 2 N–H and O–H groups in total. The Kier molecular flexibility index (Phi) is 6.43. The molecular formula is C21H20N4O4S. The van der Waals surface area contributed by atoms with E-state index in [1.807, 2.05) is 0 Å². The first-order valence-corrected chi connectivity index (χ1v) is 10.4. The van der Waals surface area contributed by atoms with Gasteiger partial charge in [0.1, 0.15) is 5.75 Å². The zero-order valence-electron chi connectivity index (χ0n) is 16.4. The highest BCUT2D eigenvalue weighted by molar-refractivity contribution is 7.92. The number of pyridine rings is 1. The summed E-state index contributed by atoms with van der Waals surface area (Å²) in [5, 5.41) is 4.06. The molecule has 0 unspecified atom stereocenters. The molecule has 9 heteroatoms. The Morgan fingerprint density at radius 2 is 1.70 bits per heavy atom. The van der Waals surface area contributed by atoms with Crippen molar-refractivity contribution in [3.05, 3.63) is 84.2 Å². The molecule has 0 aliphatic heterocycles. The molecule has 0 aliphatic rings. The number of aromatic nitrogens is 1. The Bertz CT molecular complexity index is 1160. The Morgan fingerprint density at radius 1 is 1.00 bits per heavy atom. The maximum atomic E-state index is 12.7. The quantitative estimate of drug-likeness (QED) is 0.447. The van der Waals surface area contributed by atoms with E-state index in [1.165, 1.54) is 31.4 Å². The number of nitrogens with one attached hydrogen (secondary N) is 2. The smallest absolute Gasteiger partial charge is 0.271 e. The van der Waals surface area contributed by atoms with E-state index in [2.05, 4.69) is 20.2 Å². The molecule has 8 nitrogen and oxygen atoms in total. The van der Waals surface area contributed by atoms with Crippen LogP contribution in [-0.2, 0) is 10.0 Å². The standard InChI is InChI=1S/C21H20N4O4S/c1-15(16-10-12-22-13-11-16)23-24-21(26)17-4-3-5-20(14-17)30(27,28)25-18-6-8-19(29-2)9-7-18/h3-14,25H,1-2H3,(H,24,26)/b23-15-. The minimum atomic E-state index is -3.88. The second-order valence-electron chi connectivity index (χ2n) is 6.24. The minimum absolute atomic E-state index is 0.0409. The number of amides is 1. The summed E-state index contributed by atoms with van der Waals surface area (Å²) in [6, 6.07) is 15.7. The number of hydrogen-bond donors (Lipinski definition) is 2. The summed E-state index contributed by atoms with van der Waals surface area (Å²) in [6.07, 6.45) is 3.25. The van der Waals surface area contributed by atoms with Crippen molar-refractivity contribution in [1.29, 1.82) is 0 Å². The lowest BCUT2D eigenvalue weighted by molar-refractivity contribution is 0.0954. The van der Waals surface area contributed by atoms with Gasteiger partial charge in [-0.05, 0) is 61.5 Å². The van der Waals surface area contributed by atoms with Crippen molar-refractivity contribution in [2.24, 2.45) is 5.10 Å². The number of hydrogen-bond acceptors (Lipinski definition) is 6. The lowest BCUT2D eigenvalue weighted by Gasteiger charge is -2.10. The van der Waals surface area contributed by atoms with Crippen LogP contribution in [0.15, 0.2) is 83.1 Å². The molecule has 30 heavy (non-hydrogen) atoms. The normalized spacial score (nSPS) is 11.6. The number of methoxy groups -OCH3 is 1. The number of carbonyl (C=O) groups is 1. The van der Waals surface area contributed by atoms with Crippen molar-refractivity contribution in [2.45, 2.75) is 11.8 Å². The first-order valence-electron chi connectivity index (χ1n) is 8.91. The van der Waals surface area contributed by atoms with Crippen LogP contribution < -0.4 is 14.9 Å². The fourth-order valence-corrected chi connectivity index (χ4v) is 3.64. The van der Waals surface area contributed by atoms with E-state index >= 15 is 0 Å². The molecule has 0 atom stereocenters. The van der Waals surface area contributed by atoms with E-state index in [4.69, 9.17) is 4.74 Å². The molecule has 0 aliphatic carbocycles. The molecule has 0 saturated heterocycles. The van der Waals surface area contributed by atoms with Crippen molar-refractivity contribution in [2.75, 3.05) is 11.8 Å². The maximum Gasteiger partial charge on any atom is 0.271 e. The molecule has 3 rings (SSSR count). The van der Waals surface area contributed by atoms with Crippen LogP contribution in [0, 0.1) is 0 Å². The van der Waals surface area contributed by atoms with E-state index in [9.17, 15) is 13.2 Å². The summed E-state index contributed by atoms with van der Waals surface area (Å²) >= 11 is 0. The van der Waals surface area contributed by atoms with Gasteiger partial charge in [-0.15, -0.1) is 0 Å². The number of carbonyl (C=O) groups excluding carboxylic acids is 1. The topological polar surface area (TPSA) is 110 Å². The lowest BCUT2D eigenvalue weighted by Crippen LogP contribution is -2.20. The molecule has 154 valence electrons. The highest BCUT2D eigenvalue weighted by atomic mass is 32.2. The van der Waals surface area contributed by atoms with Crippen LogP contribution in [-0.4, -0.2) is 32.1 Å². The van der Waals surface area contributed by atoms with Crippen molar-refractivity contribution in [3.63, 3.8) is 0 Å². The molecule has 2 aromatic carbocycles. The van der Waals surface area contributed by atoms with Gasteiger partial charge in [0.25, 0.3) is 15.9 Å². The van der Waals surface area contributed by atoms with Gasteiger partial charge in [-0.25, -0.2) is 13.8 Å². The minimum Gasteiger partial charge on any atom is -0.497 e. The summed E-state index contributed by atoms with van der Waals surface area (Å²) < 4.78 is 32.9.